The minimum atomic E-state index is 0. The van der Waals surface area contributed by atoms with Crippen molar-refractivity contribution in [2.75, 3.05) is 39.3 Å². The van der Waals surface area contributed by atoms with Gasteiger partial charge in [-0.05, 0) is 25.5 Å². The molecule has 1 aromatic rings. The summed E-state index contributed by atoms with van der Waals surface area (Å²) in [5, 5.41) is 3.36. The molecule has 0 spiro atoms. The van der Waals surface area contributed by atoms with Gasteiger partial charge < -0.3 is 14.6 Å². The summed E-state index contributed by atoms with van der Waals surface area (Å²) in [4.78, 5) is 16.7. The van der Waals surface area contributed by atoms with E-state index in [2.05, 4.69) is 10.2 Å². The number of hydrogen-bond acceptors (Lipinski definition) is 4. The molecule has 1 N–H and O–H groups in total. The molecule has 2 aliphatic heterocycles. The van der Waals surface area contributed by atoms with Crippen molar-refractivity contribution in [3.05, 3.63) is 23.7 Å². The second kappa shape index (κ2) is 6.61. The fourth-order valence-corrected chi connectivity index (χ4v) is 2.98. The van der Waals surface area contributed by atoms with Gasteiger partial charge in [0, 0.05) is 45.3 Å². The number of halogens is 1. The van der Waals surface area contributed by atoms with E-state index in [9.17, 15) is 4.79 Å². The molecule has 0 saturated carbocycles. The lowest BCUT2D eigenvalue weighted by atomic mass is 10.2. The molecule has 0 bridgehead atoms. The van der Waals surface area contributed by atoms with E-state index in [4.69, 9.17) is 4.42 Å². The number of amides is 1. The van der Waals surface area contributed by atoms with Crippen molar-refractivity contribution >= 4 is 18.3 Å². The maximum absolute atomic E-state index is 12.3. The average molecular weight is 300 g/mol. The smallest absolute Gasteiger partial charge is 0.289 e. The first-order chi connectivity index (χ1) is 9.24. The number of furan rings is 1. The van der Waals surface area contributed by atoms with Crippen LogP contribution in [-0.4, -0.2) is 61.0 Å². The maximum Gasteiger partial charge on any atom is 0.289 e. The molecule has 3 heterocycles. The minimum Gasteiger partial charge on any atom is -0.456 e. The van der Waals surface area contributed by atoms with Crippen LogP contribution in [0.25, 0.3) is 0 Å². The summed E-state index contributed by atoms with van der Waals surface area (Å²) in [5.41, 5.74) is 0. The molecular formula is C14H22ClN3O2. The molecular weight excluding hydrogens is 278 g/mol. The molecule has 0 radical (unpaired) electrons. The van der Waals surface area contributed by atoms with E-state index in [1.807, 2.05) is 17.9 Å². The number of carbonyl (C=O) groups is 1. The van der Waals surface area contributed by atoms with Gasteiger partial charge in [0.15, 0.2) is 5.76 Å². The van der Waals surface area contributed by atoms with Gasteiger partial charge in [-0.1, -0.05) is 0 Å². The van der Waals surface area contributed by atoms with Gasteiger partial charge in [0.25, 0.3) is 5.91 Å². The number of carbonyl (C=O) groups excluding carboxylic acids is 1. The van der Waals surface area contributed by atoms with E-state index in [0.717, 1.165) is 51.4 Å². The fourth-order valence-electron chi connectivity index (χ4n) is 2.98. The molecule has 1 amide bonds. The largest absolute Gasteiger partial charge is 0.456 e. The van der Waals surface area contributed by atoms with Gasteiger partial charge in [-0.3, -0.25) is 9.69 Å². The molecule has 1 aromatic heterocycles. The van der Waals surface area contributed by atoms with Gasteiger partial charge in [-0.15, -0.1) is 12.4 Å². The Kier molecular flexibility index (Phi) is 5.07. The quantitative estimate of drug-likeness (QED) is 0.889. The van der Waals surface area contributed by atoms with Crippen molar-refractivity contribution in [3.63, 3.8) is 0 Å². The second-order valence-corrected chi connectivity index (χ2v) is 5.39. The van der Waals surface area contributed by atoms with Crippen LogP contribution in [0.15, 0.2) is 16.5 Å². The van der Waals surface area contributed by atoms with Crippen LogP contribution in [0, 0.1) is 6.92 Å². The number of piperazine rings is 1. The Hall–Kier alpha value is -1.04. The van der Waals surface area contributed by atoms with E-state index in [-0.39, 0.29) is 18.3 Å². The van der Waals surface area contributed by atoms with E-state index < -0.39 is 0 Å². The van der Waals surface area contributed by atoms with Crippen molar-refractivity contribution in [1.82, 2.24) is 15.1 Å². The average Bonchev–Trinajstić information content (AvgIpc) is 3.08. The first-order valence-corrected chi connectivity index (χ1v) is 7.04. The van der Waals surface area contributed by atoms with Crippen molar-refractivity contribution < 1.29 is 9.21 Å². The topological polar surface area (TPSA) is 48.7 Å². The molecule has 6 heteroatoms. The lowest BCUT2D eigenvalue weighted by Gasteiger charge is -2.32. The standard InChI is InChI=1S/C14H21N3O2.ClH/c1-11-2-3-13(19-11)14(18)17-7-4-12(10-17)16-8-5-15-6-9-16;/h2-3,12,15H,4-10H2,1H3;1H. The molecule has 20 heavy (non-hydrogen) atoms. The molecule has 112 valence electrons. The van der Waals surface area contributed by atoms with Crippen LogP contribution in [0.4, 0.5) is 0 Å². The number of hydrogen-bond donors (Lipinski definition) is 1. The van der Waals surface area contributed by atoms with E-state index in [1.54, 1.807) is 6.07 Å². The fraction of sp³-hybridized carbons (Fsp3) is 0.643. The third-order valence-corrected chi connectivity index (χ3v) is 4.07. The van der Waals surface area contributed by atoms with Crippen LogP contribution >= 0.6 is 12.4 Å². The maximum atomic E-state index is 12.3. The molecule has 2 aliphatic rings. The summed E-state index contributed by atoms with van der Waals surface area (Å²) in [6.07, 6.45) is 1.07. The summed E-state index contributed by atoms with van der Waals surface area (Å²) in [5.74, 6) is 1.30. The lowest BCUT2D eigenvalue weighted by molar-refractivity contribution is 0.0741. The third kappa shape index (κ3) is 3.16. The van der Waals surface area contributed by atoms with Gasteiger partial charge in [-0.25, -0.2) is 0 Å². The molecule has 0 aromatic carbocycles. The van der Waals surface area contributed by atoms with Crippen LogP contribution in [0.2, 0.25) is 0 Å². The summed E-state index contributed by atoms with van der Waals surface area (Å²) >= 11 is 0. The zero-order valence-electron chi connectivity index (χ0n) is 11.8. The lowest BCUT2D eigenvalue weighted by Crippen LogP contribution is -2.49. The minimum absolute atomic E-state index is 0. The normalized spacial score (nSPS) is 23.6. The SMILES string of the molecule is Cc1ccc(C(=O)N2CCC(N3CCNCC3)C2)o1.Cl. The zero-order valence-corrected chi connectivity index (χ0v) is 12.6. The third-order valence-electron chi connectivity index (χ3n) is 4.07. The molecule has 1 unspecified atom stereocenters. The Morgan fingerprint density at radius 2 is 2.05 bits per heavy atom. The first-order valence-electron chi connectivity index (χ1n) is 7.04. The summed E-state index contributed by atoms with van der Waals surface area (Å²) < 4.78 is 5.42. The Bertz CT molecular complexity index is 457. The molecule has 1 atom stereocenters. The summed E-state index contributed by atoms with van der Waals surface area (Å²) in [6, 6.07) is 4.13. The Morgan fingerprint density at radius 3 is 2.70 bits per heavy atom. The highest BCUT2D eigenvalue weighted by Gasteiger charge is 2.32. The van der Waals surface area contributed by atoms with Gasteiger partial charge in [0.2, 0.25) is 0 Å². The number of likely N-dealkylation sites (tertiary alicyclic amines) is 1. The Morgan fingerprint density at radius 1 is 1.30 bits per heavy atom. The van der Waals surface area contributed by atoms with Crippen molar-refractivity contribution in [2.45, 2.75) is 19.4 Å². The van der Waals surface area contributed by atoms with E-state index in [0.29, 0.717) is 11.8 Å². The number of nitrogens with zero attached hydrogens (tertiary/aromatic N) is 2. The van der Waals surface area contributed by atoms with Gasteiger partial charge in [-0.2, -0.15) is 0 Å². The van der Waals surface area contributed by atoms with Gasteiger partial charge in [0.1, 0.15) is 5.76 Å². The van der Waals surface area contributed by atoms with E-state index >= 15 is 0 Å². The van der Waals surface area contributed by atoms with E-state index in [1.165, 1.54) is 0 Å². The Labute approximate surface area is 125 Å². The van der Waals surface area contributed by atoms with Crippen molar-refractivity contribution in [1.29, 1.82) is 0 Å². The van der Waals surface area contributed by atoms with Crippen LogP contribution < -0.4 is 5.32 Å². The molecule has 3 rings (SSSR count). The highest BCUT2D eigenvalue weighted by Crippen LogP contribution is 2.19. The number of nitrogens with one attached hydrogen (secondary N) is 1. The molecule has 5 nitrogen and oxygen atoms in total. The highest BCUT2D eigenvalue weighted by atomic mass is 35.5. The molecule has 2 fully saturated rings. The van der Waals surface area contributed by atoms with Crippen LogP contribution in [0.5, 0.6) is 0 Å². The zero-order chi connectivity index (χ0) is 13.2. The molecule has 0 aliphatic carbocycles. The number of aryl methyl sites for hydroxylation is 1. The predicted molar refractivity (Wildman–Crippen MR) is 79.4 cm³/mol. The Balaban J connectivity index is 0.00000147. The van der Waals surface area contributed by atoms with Crippen LogP contribution in [0.1, 0.15) is 22.7 Å². The first kappa shape index (κ1) is 15.4. The molecule has 2 saturated heterocycles. The van der Waals surface area contributed by atoms with Crippen molar-refractivity contribution in [3.8, 4) is 0 Å². The highest BCUT2D eigenvalue weighted by molar-refractivity contribution is 5.91. The second-order valence-electron chi connectivity index (χ2n) is 5.39. The number of rotatable bonds is 2. The summed E-state index contributed by atoms with van der Waals surface area (Å²) in [7, 11) is 0. The predicted octanol–water partition coefficient (Wildman–Crippen LogP) is 1.13. The van der Waals surface area contributed by atoms with Gasteiger partial charge in [0.05, 0.1) is 0 Å². The van der Waals surface area contributed by atoms with Crippen LogP contribution in [-0.2, 0) is 0 Å². The monoisotopic (exact) mass is 299 g/mol. The summed E-state index contributed by atoms with van der Waals surface area (Å²) in [6.45, 7) is 7.83. The van der Waals surface area contributed by atoms with Gasteiger partial charge >= 0.3 is 0 Å². The van der Waals surface area contributed by atoms with Crippen LogP contribution in [0.3, 0.4) is 0 Å². The van der Waals surface area contributed by atoms with Crippen molar-refractivity contribution in [2.24, 2.45) is 0 Å².